The number of ether oxygens (including phenoxy) is 1. The van der Waals surface area contributed by atoms with Gasteiger partial charge in [-0.15, -0.1) is 10.2 Å². The topological polar surface area (TPSA) is 92.8 Å². The van der Waals surface area contributed by atoms with Crippen LogP contribution >= 0.6 is 11.8 Å². The van der Waals surface area contributed by atoms with Crippen molar-refractivity contribution in [3.63, 3.8) is 0 Å². The molecule has 1 aliphatic carbocycles. The molecule has 0 bridgehead atoms. The first-order valence-corrected chi connectivity index (χ1v) is 12.2. The number of nitrogens with zero attached hydrogens (tertiary/aromatic N) is 4. The maximum absolute atomic E-state index is 12.6. The molecule has 1 N–H and O–H groups in total. The van der Waals surface area contributed by atoms with Crippen molar-refractivity contribution in [2.24, 2.45) is 11.8 Å². The van der Waals surface area contributed by atoms with Gasteiger partial charge in [0.15, 0.2) is 11.0 Å². The van der Waals surface area contributed by atoms with E-state index >= 15 is 0 Å². The first-order valence-electron chi connectivity index (χ1n) is 11.2. The molecule has 0 saturated heterocycles. The molecule has 3 unspecified atom stereocenters. The highest BCUT2D eigenvalue weighted by molar-refractivity contribution is 7.99. The van der Waals surface area contributed by atoms with E-state index in [9.17, 15) is 10.1 Å². The number of nitriles is 1. The Kier molecular flexibility index (Phi) is 7.83. The van der Waals surface area contributed by atoms with Crippen LogP contribution in [0, 0.1) is 23.2 Å². The summed E-state index contributed by atoms with van der Waals surface area (Å²) in [5.41, 5.74) is 0.0847. The molecule has 1 fully saturated rings. The van der Waals surface area contributed by atoms with E-state index in [-0.39, 0.29) is 17.6 Å². The van der Waals surface area contributed by atoms with E-state index in [0.717, 1.165) is 28.7 Å². The summed E-state index contributed by atoms with van der Waals surface area (Å²) in [4.78, 5) is 12.6. The summed E-state index contributed by atoms with van der Waals surface area (Å²) in [7, 11) is 1.65. The zero-order valence-electron chi connectivity index (χ0n) is 19.6. The molecule has 32 heavy (non-hydrogen) atoms. The van der Waals surface area contributed by atoms with Crippen LogP contribution in [0.3, 0.4) is 0 Å². The highest BCUT2D eigenvalue weighted by Crippen LogP contribution is 2.39. The fourth-order valence-electron chi connectivity index (χ4n) is 4.05. The van der Waals surface area contributed by atoms with Crippen LogP contribution in [0.4, 0.5) is 0 Å². The zero-order valence-corrected chi connectivity index (χ0v) is 20.4. The lowest BCUT2D eigenvalue weighted by Crippen LogP contribution is -2.49. The lowest BCUT2D eigenvalue weighted by Gasteiger charge is -2.31. The van der Waals surface area contributed by atoms with Crippen LogP contribution in [0.5, 0.6) is 5.75 Å². The molecule has 1 aromatic heterocycles. The maximum Gasteiger partial charge on any atom is 0.231 e. The van der Waals surface area contributed by atoms with Gasteiger partial charge in [-0.25, -0.2) is 0 Å². The minimum absolute atomic E-state index is 0.00914. The Morgan fingerprint density at radius 1 is 1.31 bits per heavy atom. The summed E-state index contributed by atoms with van der Waals surface area (Å²) >= 11 is 1.38. The van der Waals surface area contributed by atoms with Crippen LogP contribution in [0.2, 0.25) is 0 Å². The van der Waals surface area contributed by atoms with Crippen LogP contribution in [-0.2, 0) is 4.79 Å². The molecule has 7 nitrogen and oxygen atoms in total. The number of carbonyl (C=O) groups is 1. The lowest BCUT2D eigenvalue weighted by molar-refractivity contribution is -0.120. The molecule has 0 aliphatic heterocycles. The first-order chi connectivity index (χ1) is 15.3. The predicted molar refractivity (Wildman–Crippen MR) is 126 cm³/mol. The Labute approximate surface area is 194 Å². The SMILES string of the molecule is COc1ccc(-c2nnc(SCC(=O)NC(C)(C#N)C(C)C)n2C2CCCCC2C)cc1. The number of rotatable bonds is 8. The monoisotopic (exact) mass is 455 g/mol. The van der Waals surface area contributed by atoms with Gasteiger partial charge in [-0.2, -0.15) is 5.26 Å². The quantitative estimate of drug-likeness (QED) is 0.572. The molecular formula is C24H33N5O2S. The van der Waals surface area contributed by atoms with E-state index in [1.165, 1.54) is 31.0 Å². The summed E-state index contributed by atoms with van der Waals surface area (Å²) in [5.74, 6) is 2.14. The standard InChI is InChI=1S/C24H33N5O2S/c1-16(2)24(4,15-25)26-21(30)14-32-23-28-27-22(18-10-12-19(31-5)13-11-18)29(23)20-9-7-6-8-17(20)3/h10-13,16-17,20H,6-9,14H2,1-5H3,(H,26,30). The molecule has 1 heterocycles. The first kappa shape index (κ1) is 24.1. The van der Waals surface area contributed by atoms with Gasteiger partial charge < -0.3 is 10.1 Å². The highest BCUT2D eigenvalue weighted by atomic mass is 32.2. The van der Waals surface area contributed by atoms with E-state index in [0.29, 0.717) is 12.0 Å². The van der Waals surface area contributed by atoms with Crippen molar-refractivity contribution < 1.29 is 9.53 Å². The normalized spacial score (nSPS) is 20.4. The number of amides is 1. The van der Waals surface area contributed by atoms with Crippen molar-refractivity contribution in [3.05, 3.63) is 24.3 Å². The van der Waals surface area contributed by atoms with Crippen LogP contribution in [0.1, 0.15) is 59.4 Å². The van der Waals surface area contributed by atoms with Crippen LogP contribution in [0.15, 0.2) is 29.4 Å². The summed E-state index contributed by atoms with van der Waals surface area (Å²) in [6.07, 6.45) is 4.66. The van der Waals surface area contributed by atoms with Crippen molar-refractivity contribution in [2.45, 2.75) is 70.1 Å². The Balaban J connectivity index is 1.86. The van der Waals surface area contributed by atoms with Crippen molar-refractivity contribution >= 4 is 17.7 Å². The molecule has 1 aromatic carbocycles. The van der Waals surface area contributed by atoms with Gasteiger partial charge in [-0.05, 0) is 55.9 Å². The van der Waals surface area contributed by atoms with Crippen LogP contribution < -0.4 is 10.1 Å². The van der Waals surface area contributed by atoms with Crippen LogP contribution in [0.25, 0.3) is 11.4 Å². The number of hydrogen-bond acceptors (Lipinski definition) is 6. The highest BCUT2D eigenvalue weighted by Gasteiger charge is 2.31. The molecule has 0 spiro atoms. The molecule has 1 aliphatic rings. The molecule has 0 radical (unpaired) electrons. The fraction of sp³-hybridized carbons (Fsp3) is 0.583. The molecule has 3 rings (SSSR count). The number of hydrogen-bond donors (Lipinski definition) is 1. The minimum atomic E-state index is -0.891. The Bertz CT molecular complexity index is 966. The third-order valence-corrected chi connectivity index (χ3v) is 7.47. The number of methoxy groups -OCH3 is 1. The fourth-order valence-corrected chi connectivity index (χ4v) is 4.84. The van der Waals surface area contributed by atoms with Crippen LogP contribution in [-0.4, -0.2) is 39.1 Å². The van der Waals surface area contributed by atoms with Gasteiger partial charge in [0, 0.05) is 11.6 Å². The van der Waals surface area contributed by atoms with E-state index in [4.69, 9.17) is 4.74 Å². The molecule has 1 saturated carbocycles. The largest absolute Gasteiger partial charge is 0.497 e. The molecule has 8 heteroatoms. The van der Waals surface area contributed by atoms with E-state index in [1.54, 1.807) is 14.0 Å². The summed E-state index contributed by atoms with van der Waals surface area (Å²) < 4.78 is 7.51. The second-order valence-electron chi connectivity index (χ2n) is 9.04. The van der Waals surface area contributed by atoms with Gasteiger partial charge in [0.05, 0.1) is 18.9 Å². The van der Waals surface area contributed by atoms with Crippen molar-refractivity contribution in [2.75, 3.05) is 12.9 Å². The molecular weight excluding hydrogens is 422 g/mol. The predicted octanol–water partition coefficient (Wildman–Crippen LogP) is 4.85. The van der Waals surface area contributed by atoms with E-state index < -0.39 is 5.54 Å². The summed E-state index contributed by atoms with van der Waals surface area (Å²) in [6, 6.07) is 10.4. The average Bonchev–Trinajstić information content (AvgIpc) is 3.21. The molecule has 172 valence electrons. The lowest BCUT2D eigenvalue weighted by atomic mass is 9.85. The van der Waals surface area contributed by atoms with E-state index in [1.807, 2.05) is 38.1 Å². The molecule has 3 atom stereocenters. The second-order valence-corrected chi connectivity index (χ2v) is 9.98. The van der Waals surface area contributed by atoms with Crippen molar-refractivity contribution in [3.8, 4) is 23.2 Å². The van der Waals surface area contributed by atoms with E-state index in [2.05, 4.69) is 33.1 Å². The average molecular weight is 456 g/mol. The number of nitrogens with one attached hydrogen (secondary N) is 1. The Hall–Kier alpha value is -2.53. The van der Waals surface area contributed by atoms with Gasteiger partial charge in [0.2, 0.25) is 5.91 Å². The number of benzene rings is 1. The maximum atomic E-state index is 12.6. The van der Waals surface area contributed by atoms with Crippen molar-refractivity contribution in [1.82, 2.24) is 20.1 Å². The summed E-state index contributed by atoms with van der Waals surface area (Å²) in [6.45, 7) is 7.90. The number of thioether (sulfide) groups is 1. The van der Waals surface area contributed by atoms with Gasteiger partial charge in [-0.1, -0.05) is 45.4 Å². The summed E-state index contributed by atoms with van der Waals surface area (Å²) in [5, 5.41) is 22.1. The molecule has 1 amide bonds. The van der Waals surface area contributed by atoms with Gasteiger partial charge in [0.25, 0.3) is 0 Å². The number of carbonyl (C=O) groups excluding carboxylic acids is 1. The Morgan fingerprint density at radius 3 is 2.59 bits per heavy atom. The van der Waals surface area contributed by atoms with Gasteiger partial charge in [-0.3, -0.25) is 9.36 Å². The third-order valence-electron chi connectivity index (χ3n) is 6.53. The second kappa shape index (κ2) is 10.4. The Morgan fingerprint density at radius 2 is 2.00 bits per heavy atom. The van der Waals surface area contributed by atoms with Gasteiger partial charge in [0.1, 0.15) is 11.3 Å². The smallest absolute Gasteiger partial charge is 0.231 e. The number of aromatic nitrogens is 3. The third kappa shape index (κ3) is 5.26. The minimum Gasteiger partial charge on any atom is -0.497 e. The molecule has 2 aromatic rings. The zero-order chi connectivity index (χ0) is 23.3. The van der Waals surface area contributed by atoms with Crippen molar-refractivity contribution in [1.29, 1.82) is 5.26 Å². The van der Waals surface area contributed by atoms with Gasteiger partial charge >= 0.3 is 0 Å².